The van der Waals surface area contributed by atoms with Crippen LogP contribution in [0.25, 0.3) is 10.8 Å². The number of halogens is 1. The number of benzene rings is 2. The highest BCUT2D eigenvalue weighted by Gasteiger charge is 2.20. The van der Waals surface area contributed by atoms with Crippen molar-refractivity contribution in [3.63, 3.8) is 0 Å². The van der Waals surface area contributed by atoms with Crippen molar-refractivity contribution in [2.75, 3.05) is 18.4 Å². The van der Waals surface area contributed by atoms with E-state index in [0.29, 0.717) is 6.04 Å². The van der Waals surface area contributed by atoms with Gasteiger partial charge in [-0.25, -0.2) is 4.39 Å². The first-order chi connectivity index (χ1) is 12.3. The number of hydrogen-bond donors (Lipinski definition) is 1. The molecule has 3 aromatic rings. The second kappa shape index (κ2) is 7.19. The highest BCUT2D eigenvalue weighted by Crippen LogP contribution is 2.25. The largest absolute Gasteiger partial charge is 0.381 e. The van der Waals surface area contributed by atoms with Gasteiger partial charge < -0.3 is 5.32 Å². The summed E-state index contributed by atoms with van der Waals surface area (Å²) < 4.78 is 13.1. The van der Waals surface area contributed by atoms with Crippen LogP contribution >= 0.6 is 0 Å². The molecule has 25 heavy (non-hydrogen) atoms. The maximum absolute atomic E-state index is 13.1. The normalized spacial score (nSPS) is 18.4. The molecule has 128 valence electrons. The SMILES string of the molecule is Fc1ccc(CN2CCCC(Nc3cccc4cnccc34)C2)cc1. The minimum absolute atomic E-state index is 0.174. The molecule has 2 heterocycles. The minimum atomic E-state index is -0.174. The molecular weight excluding hydrogens is 313 g/mol. The zero-order valence-corrected chi connectivity index (χ0v) is 14.2. The molecular formula is C21H22FN3. The molecule has 1 atom stereocenters. The number of nitrogens with one attached hydrogen (secondary N) is 1. The van der Waals surface area contributed by atoms with Gasteiger partial charge in [0.15, 0.2) is 0 Å². The topological polar surface area (TPSA) is 28.2 Å². The monoisotopic (exact) mass is 335 g/mol. The van der Waals surface area contributed by atoms with E-state index in [1.165, 1.54) is 29.5 Å². The Bertz CT molecular complexity index is 842. The lowest BCUT2D eigenvalue weighted by atomic mass is 10.0. The third-order valence-electron chi connectivity index (χ3n) is 4.87. The Hall–Kier alpha value is -2.46. The minimum Gasteiger partial charge on any atom is -0.381 e. The molecule has 0 bridgehead atoms. The molecule has 4 heteroatoms. The molecule has 0 radical (unpaired) electrons. The molecule has 1 saturated heterocycles. The van der Waals surface area contributed by atoms with Crippen LogP contribution in [-0.2, 0) is 6.54 Å². The highest BCUT2D eigenvalue weighted by atomic mass is 19.1. The Kier molecular flexibility index (Phi) is 4.61. The number of aromatic nitrogens is 1. The molecule has 0 saturated carbocycles. The molecule has 1 fully saturated rings. The molecule has 1 aliphatic rings. The lowest BCUT2D eigenvalue weighted by Crippen LogP contribution is -2.41. The predicted molar refractivity (Wildman–Crippen MR) is 100 cm³/mol. The molecule has 1 aromatic heterocycles. The van der Waals surface area contributed by atoms with Crippen LogP contribution in [-0.4, -0.2) is 29.0 Å². The van der Waals surface area contributed by atoms with Crippen molar-refractivity contribution in [2.45, 2.75) is 25.4 Å². The fraction of sp³-hybridized carbons (Fsp3) is 0.286. The van der Waals surface area contributed by atoms with Crippen LogP contribution in [0.3, 0.4) is 0 Å². The fourth-order valence-corrected chi connectivity index (χ4v) is 3.63. The van der Waals surface area contributed by atoms with Gasteiger partial charge in [-0.15, -0.1) is 0 Å². The summed E-state index contributed by atoms with van der Waals surface area (Å²) in [6.45, 7) is 2.96. The number of likely N-dealkylation sites (tertiary alicyclic amines) is 1. The van der Waals surface area contributed by atoms with E-state index in [4.69, 9.17) is 0 Å². The smallest absolute Gasteiger partial charge is 0.123 e. The lowest BCUT2D eigenvalue weighted by Gasteiger charge is -2.34. The van der Waals surface area contributed by atoms with Crippen molar-refractivity contribution < 1.29 is 4.39 Å². The van der Waals surface area contributed by atoms with E-state index in [1.54, 1.807) is 12.1 Å². The molecule has 2 aromatic carbocycles. The van der Waals surface area contributed by atoms with Crippen LogP contribution in [0.4, 0.5) is 10.1 Å². The van der Waals surface area contributed by atoms with Crippen LogP contribution in [0.1, 0.15) is 18.4 Å². The van der Waals surface area contributed by atoms with Gasteiger partial charge >= 0.3 is 0 Å². The number of rotatable bonds is 4. The molecule has 0 amide bonds. The van der Waals surface area contributed by atoms with Gasteiger partial charge in [0.2, 0.25) is 0 Å². The first kappa shape index (κ1) is 16.0. The third-order valence-corrected chi connectivity index (χ3v) is 4.87. The number of anilines is 1. The summed E-state index contributed by atoms with van der Waals surface area (Å²) >= 11 is 0. The molecule has 0 spiro atoms. The summed E-state index contributed by atoms with van der Waals surface area (Å²) in [5.74, 6) is -0.174. The number of piperidine rings is 1. The molecule has 1 N–H and O–H groups in total. The van der Waals surface area contributed by atoms with Crippen LogP contribution in [0, 0.1) is 5.82 Å². The zero-order chi connectivity index (χ0) is 17.1. The van der Waals surface area contributed by atoms with Crippen LogP contribution in [0.5, 0.6) is 0 Å². The molecule has 4 rings (SSSR count). The van der Waals surface area contributed by atoms with E-state index in [0.717, 1.165) is 25.0 Å². The van der Waals surface area contributed by atoms with E-state index in [9.17, 15) is 4.39 Å². The number of pyridine rings is 1. The van der Waals surface area contributed by atoms with E-state index in [-0.39, 0.29) is 5.82 Å². The molecule has 3 nitrogen and oxygen atoms in total. The second-order valence-corrected chi connectivity index (χ2v) is 6.75. The summed E-state index contributed by atoms with van der Waals surface area (Å²) in [6, 6.07) is 15.6. The summed E-state index contributed by atoms with van der Waals surface area (Å²) in [7, 11) is 0. The number of fused-ring (bicyclic) bond motifs is 1. The summed E-state index contributed by atoms with van der Waals surface area (Å²) in [5, 5.41) is 6.09. The van der Waals surface area contributed by atoms with E-state index >= 15 is 0 Å². The predicted octanol–water partition coefficient (Wildman–Crippen LogP) is 4.45. The summed E-state index contributed by atoms with van der Waals surface area (Å²) in [6.07, 6.45) is 6.09. The van der Waals surface area contributed by atoms with Gasteiger partial charge in [0, 0.05) is 48.0 Å². The van der Waals surface area contributed by atoms with Gasteiger partial charge in [-0.2, -0.15) is 0 Å². The Morgan fingerprint density at radius 3 is 2.88 bits per heavy atom. The third kappa shape index (κ3) is 3.80. The zero-order valence-electron chi connectivity index (χ0n) is 14.2. The lowest BCUT2D eigenvalue weighted by molar-refractivity contribution is 0.208. The molecule has 0 aliphatic carbocycles. The maximum Gasteiger partial charge on any atom is 0.123 e. The average Bonchev–Trinajstić information content (AvgIpc) is 2.64. The van der Waals surface area contributed by atoms with Crippen molar-refractivity contribution in [1.29, 1.82) is 0 Å². The quantitative estimate of drug-likeness (QED) is 0.763. The summed E-state index contributed by atoms with van der Waals surface area (Å²) in [4.78, 5) is 6.65. The van der Waals surface area contributed by atoms with Gasteiger partial charge in [-0.1, -0.05) is 24.3 Å². The van der Waals surface area contributed by atoms with E-state index < -0.39 is 0 Å². The Balaban J connectivity index is 1.45. The van der Waals surface area contributed by atoms with Crippen molar-refractivity contribution >= 4 is 16.5 Å². The van der Waals surface area contributed by atoms with Crippen molar-refractivity contribution in [3.8, 4) is 0 Å². The first-order valence-corrected chi connectivity index (χ1v) is 8.84. The van der Waals surface area contributed by atoms with Gasteiger partial charge in [-0.05, 0) is 49.2 Å². The van der Waals surface area contributed by atoms with Crippen molar-refractivity contribution in [2.24, 2.45) is 0 Å². The highest BCUT2D eigenvalue weighted by molar-refractivity contribution is 5.93. The Morgan fingerprint density at radius 2 is 2.00 bits per heavy atom. The molecule has 1 aliphatic heterocycles. The number of hydrogen-bond acceptors (Lipinski definition) is 3. The van der Waals surface area contributed by atoms with Gasteiger partial charge in [0.1, 0.15) is 5.82 Å². The average molecular weight is 335 g/mol. The van der Waals surface area contributed by atoms with E-state index in [1.807, 2.05) is 24.5 Å². The van der Waals surface area contributed by atoms with Gasteiger partial charge in [-0.3, -0.25) is 9.88 Å². The van der Waals surface area contributed by atoms with Crippen LogP contribution in [0.2, 0.25) is 0 Å². The van der Waals surface area contributed by atoms with E-state index in [2.05, 4.69) is 39.5 Å². The second-order valence-electron chi connectivity index (χ2n) is 6.75. The maximum atomic E-state index is 13.1. The van der Waals surface area contributed by atoms with Crippen LogP contribution in [0.15, 0.2) is 60.9 Å². The number of nitrogens with zero attached hydrogens (tertiary/aromatic N) is 2. The van der Waals surface area contributed by atoms with Crippen molar-refractivity contribution in [1.82, 2.24) is 9.88 Å². The van der Waals surface area contributed by atoms with Gasteiger partial charge in [0.05, 0.1) is 0 Å². The Morgan fingerprint density at radius 1 is 1.12 bits per heavy atom. The first-order valence-electron chi connectivity index (χ1n) is 8.84. The fourth-order valence-electron chi connectivity index (χ4n) is 3.63. The van der Waals surface area contributed by atoms with Crippen LogP contribution < -0.4 is 5.32 Å². The van der Waals surface area contributed by atoms with Gasteiger partial charge in [0.25, 0.3) is 0 Å². The van der Waals surface area contributed by atoms with Crippen molar-refractivity contribution in [3.05, 3.63) is 72.3 Å². The molecule has 1 unspecified atom stereocenters. The Labute approximate surface area is 147 Å². The standard InChI is InChI=1S/C21H22FN3/c22-18-8-6-16(7-9-18)14-25-12-2-4-19(15-25)24-21-5-1-3-17-13-23-11-10-20(17)21/h1,3,5-11,13,19,24H,2,4,12,14-15H2. The summed E-state index contributed by atoms with van der Waals surface area (Å²) in [5.41, 5.74) is 2.34.